The van der Waals surface area contributed by atoms with Crippen molar-refractivity contribution in [2.45, 2.75) is 0 Å². The van der Waals surface area contributed by atoms with Crippen LogP contribution in [0.2, 0.25) is 5.02 Å². The van der Waals surface area contributed by atoms with E-state index in [1.54, 1.807) is 23.1 Å². The summed E-state index contributed by atoms with van der Waals surface area (Å²) in [4.78, 5) is 16.3. The maximum atomic E-state index is 12.4. The molecule has 2 rings (SSSR count). The smallest absolute Gasteiger partial charge is 0.255 e. The van der Waals surface area contributed by atoms with Gasteiger partial charge in [-0.1, -0.05) is 11.6 Å². The number of aliphatic hydroxyl groups excluding tert-OH is 1. The molecule has 5 nitrogen and oxygen atoms in total. The molecule has 0 aliphatic carbocycles. The Bertz CT molecular complexity index is 459. The van der Waals surface area contributed by atoms with Crippen molar-refractivity contribution >= 4 is 23.2 Å². The number of hydrogen-bond donors (Lipinski definition) is 2. The number of rotatable bonds is 3. The minimum absolute atomic E-state index is 0.0825. The Labute approximate surface area is 117 Å². The van der Waals surface area contributed by atoms with Crippen LogP contribution >= 0.6 is 11.6 Å². The third-order valence-corrected chi connectivity index (χ3v) is 3.63. The predicted molar refractivity (Wildman–Crippen MR) is 75.3 cm³/mol. The molecule has 1 amide bonds. The molecule has 3 N–H and O–H groups in total. The summed E-state index contributed by atoms with van der Waals surface area (Å²) in [6.07, 6.45) is 0. The summed E-state index contributed by atoms with van der Waals surface area (Å²) in [7, 11) is 0. The van der Waals surface area contributed by atoms with Gasteiger partial charge >= 0.3 is 0 Å². The molecule has 0 unspecified atom stereocenters. The normalized spacial score (nSPS) is 16.6. The van der Waals surface area contributed by atoms with E-state index in [9.17, 15) is 4.79 Å². The number of halogens is 1. The number of β-amino-alcohol motifs (C(OH)–C–C–N with tert-alkyl or cyclic N) is 1. The van der Waals surface area contributed by atoms with E-state index in [0.29, 0.717) is 35.9 Å². The molecule has 1 aromatic carbocycles. The summed E-state index contributed by atoms with van der Waals surface area (Å²) in [5.41, 5.74) is 6.68. The number of benzene rings is 1. The van der Waals surface area contributed by atoms with E-state index in [2.05, 4.69) is 4.90 Å². The maximum absolute atomic E-state index is 12.4. The van der Waals surface area contributed by atoms with Crippen molar-refractivity contribution in [2.75, 3.05) is 45.1 Å². The summed E-state index contributed by atoms with van der Waals surface area (Å²) >= 11 is 6.04. The maximum Gasteiger partial charge on any atom is 0.255 e. The zero-order valence-corrected chi connectivity index (χ0v) is 11.4. The lowest BCUT2D eigenvalue weighted by Crippen LogP contribution is -2.49. The van der Waals surface area contributed by atoms with Crippen LogP contribution in [0.4, 0.5) is 5.69 Å². The monoisotopic (exact) mass is 283 g/mol. The first-order valence-corrected chi connectivity index (χ1v) is 6.67. The molecule has 0 radical (unpaired) electrons. The quantitative estimate of drug-likeness (QED) is 0.800. The number of amides is 1. The van der Waals surface area contributed by atoms with Crippen LogP contribution in [0.5, 0.6) is 0 Å². The van der Waals surface area contributed by atoms with Gasteiger partial charge in [0, 0.05) is 38.4 Å². The van der Waals surface area contributed by atoms with Crippen LogP contribution in [0.3, 0.4) is 0 Å². The van der Waals surface area contributed by atoms with Crippen LogP contribution in [0.25, 0.3) is 0 Å². The molecule has 0 bridgehead atoms. The van der Waals surface area contributed by atoms with E-state index in [1.807, 2.05) is 0 Å². The molecule has 6 heteroatoms. The molecule has 1 aromatic rings. The molecule has 104 valence electrons. The Hall–Kier alpha value is -1.30. The van der Waals surface area contributed by atoms with Gasteiger partial charge in [0.2, 0.25) is 0 Å². The summed E-state index contributed by atoms with van der Waals surface area (Å²) in [5, 5.41) is 9.31. The number of anilines is 1. The highest BCUT2D eigenvalue weighted by atomic mass is 35.5. The standard InChI is InChI=1S/C13H18ClN3O2/c14-12-2-1-10(15)9-11(12)13(19)17-5-3-16(4-6-17)7-8-18/h1-2,9,18H,3-8,15H2. The van der Waals surface area contributed by atoms with Crippen molar-refractivity contribution in [3.8, 4) is 0 Å². The second-order valence-electron chi connectivity index (χ2n) is 4.60. The van der Waals surface area contributed by atoms with E-state index in [-0.39, 0.29) is 12.5 Å². The fraction of sp³-hybridized carbons (Fsp3) is 0.462. The van der Waals surface area contributed by atoms with Crippen molar-refractivity contribution < 1.29 is 9.90 Å². The molecule has 19 heavy (non-hydrogen) atoms. The van der Waals surface area contributed by atoms with Crippen LogP contribution in [0, 0.1) is 0 Å². The van der Waals surface area contributed by atoms with E-state index >= 15 is 0 Å². The first kappa shape index (κ1) is 14.1. The number of nitrogens with two attached hydrogens (primary N) is 1. The number of hydrogen-bond acceptors (Lipinski definition) is 4. The van der Waals surface area contributed by atoms with Crippen molar-refractivity contribution in [1.82, 2.24) is 9.80 Å². The van der Waals surface area contributed by atoms with Crippen LogP contribution in [0.1, 0.15) is 10.4 Å². The van der Waals surface area contributed by atoms with Crippen molar-refractivity contribution in [3.05, 3.63) is 28.8 Å². The molecule has 0 saturated carbocycles. The fourth-order valence-electron chi connectivity index (χ4n) is 2.19. The lowest BCUT2D eigenvalue weighted by molar-refractivity contribution is 0.0615. The van der Waals surface area contributed by atoms with Crippen molar-refractivity contribution in [2.24, 2.45) is 0 Å². The van der Waals surface area contributed by atoms with Gasteiger partial charge in [-0.05, 0) is 18.2 Å². The van der Waals surface area contributed by atoms with Crippen LogP contribution in [-0.2, 0) is 0 Å². The van der Waals surface area contributed by atoms with Gasteiger partial charge in [-0.2, -0.15) is 0 Å². The first-order chi connectivity index (χ1) is 9.11. The minimum atomic E-state index is -0.0825. The lowest BCUT2D eigenvalue weighted by Gasteiger charge is -2.34. The third kappa shape index (κ3) is 3.37. The molecule has 1 aliphatic rings. The van der Waals surface area contributed by atoms with E-state index in [0.717, 1.165) is 13.1 Å². The van der Waals surface area contributed by atoms with Crippen molar-refractivity contribution in [1.29, 1.82) is 0 Å². The Morgan fingerprint density at radius 1 is 1.32 bits per heavy atom. The van der Waals surface area contributed by atoms with Gasteiger partial charge in [0.1, 0.15) is 0 Å². The second-order valence-corrected chi connectivity index (χ2v) is 5.00. The van der Waals surface area contributed by atoms with E-state index < -0.39 is 0 Å². The Morgan fingerprint density at radius 3 is 2.63 bits per heavy atom. The average Bonchev–Trinajstić information content (AvgIpc) is 2.42. The molecule has 1 fully saturated rings. The Balaban J connectivity index is 2.03. The van der Waals surface area contributed by atoms with E-state index in [1.165, 1.54) is 0 Å². The predicted octanol–water partition coefficient (Wildman–Crippen LogP) is 0.672. The molecule has 0 atom stereocenters. The van der Waals surface area contributed by atoms with Gasteiger partial charge in [-0.15, -0.1) is 0 Å². The molecule has 1 heterocycles. The highest BCUT2D eigenvalue weighted by Gasteiger charge is 2.23. The molecule has 1 aliphatic heterocycles. The average molecular weight is 284 g/mol. The topological polar surface area (TPSA) is 69.8 Å². The Kier molecular flexibility index (Phi) is 4.63. The van der Waals surface area contributed by atoms with Crippen LogP contribution < -0.4 is 5.73 Å². The van der Waals surface area contributed by atoms with Gasteiger partial charge in [0.15, 0.2) is 0 Å². The number of carbonyl (C=O) groups excluding carboxylic acids is 1. The van der Waals surface area contributed by atoms with Gasteiger partial charge in [-0.25, -0.2) is 0 Å². The van der Waals surface area contributed by atoms with Crippen LogP contribution in [-0.4, -0.2) is 60.1 Å². The zero-order valence-electron chi connectivity index (χ0n) is 10.7. The van der Waals surface area contributed by atoms with Crippen LogP contribution in [0.15, 0.2) is 18.2 Å². The highest BCUT2D eigenvalue weighted by molar-refractivity contribution is 6.34. The minimum Gasteiger partial charge on any atom is -0.399 e. The number of nitrogens with zero attached hydrogens (tertiary/aromatic N) is 2. The van der Waals surface area contributed by atoms with Crippen molar-refractivity contribution in [3.63, 3.8) is 0 Å². The van der Waals surface area contributed by atoms with E-state index in [4.69, 9.17) is 22.4 Å². The highest BCUT2D eigenvalue weighted by Crippen LogP contribution is 2.21. The van der Waals surface area contributed by atoms with Gasteiger partial charge in [0.25, 0.3) is 5.91 Å². The third-order valence-electron chi connectivity index (χ3n) is 3.30. The first-order valence-electron chi connectivity index (χ1n) is 6.29. The Morgan fingerprint density at radius 2 is 2.00 bits per heavy atom. The lowest BCUT2D eigenvalue weighted by atomic mass is 10.1. The molecule has 1 saturated heterocycles. The SMILES string of the molecule is Nc1ccc(Cl)c(C(=O)N2CCN(CCO)CC2)c1. The largest absolute Gasteiger partial charge is 0.399 e. The van der Waals surface area contributed by atoms with Gasteiger partial charge in [-0.3, -0.25) is 9.69 Å². The molecular formula is C13H18ClN3O2. The summed E-state index contributed by atoms with van der Waals surface area (Å²) < 4.78 is 0. The molecule has 0 spiro atoms. The van der Waals surface area contributed by atoms with Gasteiger partial charge < -0.3 is 15.7 Å². The molecule has 0 aromatic heterocycles. The summed E-state index contributed by atoms with van der Waals surface area (Å²) in [5.74, 6) is -0.0825. The fourth-order valence-corrected chi connectivity index (χ4v) is 2.39. The van der Waals surface area contributed by atoms with Gasteiger partial charge in [0.05, 0.1) is 17.2 Å². The summed E-state index contributed by atoms with van der Waals surface area (Å²) in [6.45, 7) is 3.63. The number of piperazine rings is 1. The number of carbonyl (C=O) groups is 1. The summed E-state index contributed by atoms with van der Waals surface area (Å²) in [6, 6.07) is 4.94. The molecular weight excluding hydrogens is 266 g/mol. The zero-order chi connectivity index (χ0) is 13.8. The number of aliphatic hydroxyl groups is 1. The number of nitrogen functional groups attached to an aromatic ring is 1. The second kappa shape index (κ2) is 6.23.